The van der Waals surface area contributed by atoms with Crippen LogP contribution in [0.4, 0.5) is 5.00 Å². The monoisotopic (exact) mass is 496 g/mol. The van der Waals surface area contributed by atoms with Crippen molar-refractivity contribution >= 4 is 22.2 Å². The number of aromatic nitrogens is 3. The van der Waals surface area contributed by atoms with Crippen LogP contribution in [0.25, 0.3) is 5.82 Å². The molecule has 1 atom stereocenters. The lowest BCUT2D eigenvalue weighted by atomic mass is 10.0. The quantitative estimate of drug-likeness (QED) is 0.581. The number of amides is 1. The lowest BCUT2D eigenvalue weighted by Crippen LogP contribution is -2.43. The number of hydrogen-bond donors (Lipinski definition) is 1. The standard InChI is InChI=1S/C25H32N6O3S/c1-15(2)29-14-28(5)12-20-23(24(33)30-11-18(32)13-34-30)21(35-25(20)29)10-19-16(3)27-31(17(19)4)22-8-6-7-9-26-22/h6-9,15,18,32H,10-14H2,1-5H3/t18-/m0/s1. The summed E-state index contributed by atoms with van der Waals surface area (Å²) in [6, 6.07) is 6.07. The maximum atomic E-state index is 13.7. The Balaban J connectivity index is 1.60. The fourth-order valence-electron chi connectivity index (χ4n) is 4.83. The number of fused-ring (bicyclic) bond motifs is 1. The fourth-order valence-corrected chi connectivity index (χ4v) is 6.27. The van der Waals surface area contributed by atoms with E-state index in [1.54, 1.807) is 17.5 Å². The number of carbonyl (C=O) groups excluding carboxylic acids is 1. The van der Waals surface area contributed by atoms with Crippen molar-refractivity contribution in [2.24, 2.45) is 0 Å². The summed E-state index contributed by atoms with van der Waals surface area (Å²) >= 11 is 1.69. The summed E-state index contributed by atoms with van der Waals surface area (Å²) in [5, 5.41) is 17.2. The van der Waals surface area contributed by atoms with E-state index >= 15 is 0 Å². The number of nitrogens with zero attached hydrogens (tertiary/aromatic N) is 6. The third-order valence-electron chi connectivity index (χ3n) is 6.65. The minimum atomic E-state index is -0.659. The molecule has 1 saturated heterocycles. The largest absolute Gasteiger partial charge is 0.389 e. The molecule has 9 nitrogen and oxygen atoms in total. The molecule has 10 heteroatoms. The minimum absolute atomic E-state index is 0.139. The number of hydroxylamine groups is 2. The second kappa shape index (κ2) is 9.34. The number of pyridine rings is 1. The van der Waals surface area contributed by atoms with Gasteiger partial charge in [0, 0.05) is 46.9 Å². The number of aryl methyl sites for hydroxylation is 1. The topological polar surface area (TPSA) is 87.0 Å². The maximum Gasteiger partial charge on any atom is 0.279 e. The van der Waals surface area contributed by atoms with Gasteiger partial charge >= 0.3 is 0 Å². The summed E-state index contributed by atoms with van der Waals surface area (Å²) in [4.78, 5) is 29.3. The van der Waals surface area contributed by atoms with E-state index in [0.29, 0.717) is 24.6 Å². The van der Waals surface area contributed by atoms with Crippen LogP contribution in [-0.4, -0.2) is 74.8 Å². The first-order valence-corrected chi connectivity index (χ1v) is 12.7. The predicted octanol–water partition coefficient (Wildman–Crippen LogP) is 2.90. The van der Waals surface area contributed by atoms with Gasteiger partial charge in [-0.1, -0.05) is 6.07 Å². The summed E-state index contributed by atoms with van der Waals surface area (Å²) in [6.07, 6.45) is 1.69. The highest BCUT2D eigenvalue weighted by Gasteiger charge is 2.36. The molecule has 0 aliphatic carbocycles. The third kappa shape index (κ3) is 4.35. The molecule has 35 heavy (non-hydrogen) atoms. The summed E-state index contributed by atoms with van der Waals surface area (Å²) < 4.78 is 1.87. The van der Waals surface area contributed by atoms with Crippen LogP contribution in [0.1, 0.15) is 51.6 Å². The highest BCUT2D eigenvalue weighted by molar-refractivity contribution is 7.16. The Kier molecular flexibility index (Phi) is 6.39. The van der Waals surface area contributed by atoms with Crippen molar-refractivity contribution in [1.82, 2.24) is 24.7 Å². The first-order valence-electron chi connectivity index (χ1n) is 11.9. The molecule has 0 bridgehead atoms. The van der Waals surface area contributed by atoms with Crippen molar-refractivity contribution in [3.63, 3.8) is 0 Å². The zero-order valence-electron chi connectivity index (χ0n) is 20.9. The van der Waals surface area contributed by atoms with E-state index in [2.05, 4.69) is 35.7 Å². The second-order valence-electron chi connectivity index (χ2n) is 9.64. The number of thiophene rings is 1. The molecular weight excluding hydrogens is 464 g/mol. The number of carbonyl (C=O) groups is 1. The third-order valence-corrected chi connectivity index (χ3v) is 7.92. The Morgan fingerprint density at radius 2 is 2.11 bits per heavy atom. The van der Waals surface area contributed by atoms with Gasteiger partial charge in [-0.15, -0.1) is 11.3 Å². The van der Waals surface area contributed by atoms with Gasteiger partial charge in [0.15, 0.2) is 5.82 Å². The molecule has 2 aliphatic rings. The Hall–Kier alpha value is -2.79. The summed E-state index contributed by atoms with van der Waals surface area (Å²) in [7, 11) is 2.07. The van der Waals surface area contributed by atoms with Gasteiger partial charge in [0.1, 0.15) is 12.7 Å². The molecule has 3 aromatic heterocycles. The number of aliphatic hydroxyl groups excluding tert-OH is 1. The van der Waals surface area contributed by atoms with E-state index in [4.69, 9.17) is 9.94 Å². The Bertz CT molecular complexity index is 1240. The molecule has 186 valence electrons. The van der Waals surface area contributed by atoms with Crippen molar-refractivity contribution in [1.29, 1.82) is 0 Å². The lowest BCUT2D eigenvalue weighted by Gasteiger charge is -2.37. The number of β-amino-alcohol motifs (C(OH)–C–C–N with tert-alkyl or cyclic N) is 1. The summed E-state index contributed by atoms with van der Waals surface area (Å²) in [5.74, 6) is 0.591. The molecule has 0 radical (unpaired) electrons. The van der Waals surface area contributed by atoms with Crippen LogP contribution in [-0.2, 0) is 17.8 Å². The smallest absolute Gasteiger partial charge is 0.279 e. The lowest BCUT2D eigenvalue weighted by molar-refractivity contribution is -0.0780. The SMILES string of the molecule is Cc1nn(-c2ccccn2)c(C)c1Cc1sc2c(c1C(=O)N1C[C@H](O)CO1)CN(C)CN2C(C)C. The van der Waals surface area contributed by atoms with E-state index in [9.17, 15) is 9.90 Å². The zero-order chi connectivity index (χ0) is 24.9. The average Bonchev–Trinajstić information content (AvgIpc) is 3.50. The molecular formula is C25H32N6O3S. The van der Waals surface area contributed by atoms with Crippen LogP contribution < -0.4 is 4.90 Å². The number of anilines is 1. The Labute approximate surface area is 209 Å². The maximum absolute atomic E-state index is 13.7. The van der Waals surface area contributed by atoms with E-state index in [1.807, 2.05) is 36.7 Å². The van der Waals surface area contributed by atoms with Crippen LogP contribution in [0.15, 0.2) is 24.4 Å². The van der Waals surface area contributed by atoms with Gasteiger partial charge in [0.05, 0.1) is 29.5 Å². The van der Waals surface area contributed by atoms with Gasteiger partial charge in [-0.05, 0) is 46.9 Å². The normalized spacial score (nSPS) is 18.5. The Morgan fingerprint density at radius 3 is 2.77 bits per heavy atom. The van der Waals surface area contributed by atoms with E-state index in [-0.39, 0.29) is 19.1 Å². The van der Waals surface area contributed by atoms with Gasteiger partial charge in [0.25, 0.3) is 5.91 Å². The van der Waals surface area contributed by atoms with E-state index in [1.165, 1.54) is 5.06 Å². The van der Waals surface area contributed by atoms with E-state index in [0.717, 1.165) is 44.9 Å². The molecule has 1 amide bonds. The highest BCUT2D eigenvalue weighted by atomic mass is 32.1. The number of aliphatic hydroxyl groups is 1. The van der Waals surface area contributed by atoms with Crippen molar-refractivity contribution in [3.8, 4) is 5.82 Å². The van der Waals surface area contributed by atoms with Crippen molar-refractivity contribution in [3.05, 3.63) is 57.4 Å². The molecule has 0 aromatic carbocycles. The summed E-state index contributed by atoms with van der Waals surface area (Å²) in [5.41, 5.74) is 4.76. The first-order chi connectivity index (χ1) is 16.7. The van der Waals surface area contributed by atoms with Gasteiger partial charge in [0.2, 0.25) is 0 Å². The first kappa shape index (κ1) is 23.9. The van der Waals surface area contributed by atoms with Crippen molar-refractivity contribution in [2.45, 2.75) is 52.8 Å². The minimum Gasteiger partial charge on any atom is -0.389 e. The molecule has 0 spiro atoms. The average molecular weight is 497 g/mol. The molecule has 5 rings (SSSR count). The van der Waals surface area contributed by atoms with Gasteiger partial charge in [-0.2, -0.15) is 5.10 Å². The molecule has 2 aliphatic heterocycles. The predicted molar refractivity (Wildman–Crippen MR) is 135 cm³/mol. The number of hydrogen-bond acceptors (Lipinski definition) is 8. The van der Waals surface area contributed by atoms with Crippen LogP contribution >= 0.6 is 11.3 Å². The van der Waals surface area contributed by atoms with Crippen LogP contribution in [0, 0.1) is 13.8 Å². The fraction of sp³-hybridized carbons (Fsp3) is 0.480. The van der Waals surface area contributed by atoms with Crippen molar-refractivity contribution < 1.29 is 14.7 Å². The highest BCUT2D eigenvalue weighted by Crippen LogP contribution is 2.42. The zero-order valence-corrected chi connectivity index (χ0v) is 21.7. The molecule has 1 N–H and O–H groups in total. The number of rotatable bonds is 5. The summed E-state index contributed by atoms with van der Waals surface area (Å²) in [6.45, 7) is 10.2. The Morgan fingerprint density at radius 1 is 1.31 bits per heavy atom. The molecule has 5 heterocycles. The van der Waals surface area contributed by atoms with Gasteiger partial charge in [-0.3, -0.25) is 14.5 Å². The van der Waals surface area contributed by atoms with Gasteiger partial charge < -0.3 is 10.0 Å². The van der Waals surface area contributed by atoms with Crippen LogP contribution in [0.3, 0.4) is 0 Å². The van der Waals surface area contributed by atoms with Crippen LogP contribution in [0.5, 0.6) is 0 Å². The molecule has 0 unspecified atom stereocenters. The molecule has 1 fully saturated rings. The van der Waals surface area contributed by atoms with Gasteiger partial charge in [-0.25, -0.2) is 14.7 Å². The van der Waals surface area contributed by atoms with Crippen LogP contribution in [0.2, 0.25) is 0 Å². The van der Waals surface area contributed by atoms with Crippen molar-refractivity contribution in [2.75, 3.05) is 31.8 Å². The van der Waals surface area contributed by atoms with E-state index < -0.39 is 6.10 Å². The molecule has 3 aromatic rings. The molecule has 0 saturated carbocycles. The second-order valence-corrected chi connectivity index (χ2v) is 10.7.